The lowest BCUT2D eigenvalue weighted by atomic mass is 9.95. The maximum atomic E-state index is 5.46. The molecule has 0 saturated heterocycles. The van der Waals surface area contributed by atoms with Crippen molar-refractivity contribution in [3.8, 4) is 11.4 Å². The molecule has 112 valence electrons. The number of nitrogens with zero attached hydrogens (tertiary/aromatic N) is 2. The quantitative estimate of drug-likeness (QED) is 0.915. The molecule has 0 amide bonds. The lowest BCUT2D eigenvalue weighted by Gasteiger charge is -2.20. The summed E-state index contributed by atoms with van der Waals surface area (Å²) in [5.41, 5.74) is 2.22. The van der Waals surface area contributed by atoms with Crippen molar-refractivity contribution in [1.29, 1.82) is 0 Å². The summed E-state index contributed by atoms with van der Waals surface area (Å²) in [5.74, 6) is 2.17. The smallest absolute Gasteiger partial charge is 0.228 e. The first-order valence-corrected chi connectivity index (χ1v) is 7.84. The van der Waals surface area contributed by atoms with E-state index in [9.17, 15) is 0 Å². The van der Waals surface area contributed by atoms with Crippen LogP contribution in [-0.4, -0.2) is 23.2 Å². The maximum absolute atomic E-state index is 5.46. The van der Waals surface area contributed by atoms with E-state index in [1.807, 2.05) is 25.2 Å². The van der Waals surface area contributed by atoms with E-state index in [1.165, 1.54) is 31.2 Å². The van der Waals surface area contributed by atoms with Gasteiger partial charge >= 0.3 is 0 Å². The molecule has 1 heterocycles. The van der Waals surface area contributed by atoms with Gasteiger partial charge in [-0.2, -0.15) is 4.98 Å². The molecular weight excluding hydrogens is 262 g/mol. The van der Waals surface area contributed by atoms with Gasteiger partial charge in [0.25, 0.3) is 0 Å². The zero-order valence-corrected chi connectivity index (χ0v) is 12.8. The molecule has 1 aliphatic rings. The monoisotopic (exact) mass is 285 g/mol. The number of aryl methyl sites for hydroxylation is 1. The topological polar surface area (TPSA) is 51.0 Å². The fraction of sp³-hybridized carbons (Fsp3) is 0.529. The first-order chi connectivity index (χ1) is 10.3. The van der Waals surface area contributed by atoms with Crippen molar-refractivity contribution >= 4 is 0 Å². The molecule has 1 saturated carbocycles. The molecule has 1 aromatic heterocycles. The van der Waals surface area contributed by atoms with Crippen LogP contribution >= 0.6 is 0 Å². The van der Waals surface area contributed by atoms with Crippen LogP contribution in [0.2, 0.25) is 0 Å². The van der Waals surface area contributed by atoms with Gasteiger partial charge in [-0.1, -0.05) is 42.3 Å². The van der Waals surface area contributed by atoms with Crippen molar-refractivity contribution < 1.29 is 4.52 Å². The Kier molecular flexibility index (Phi) is 4.34. The molecule has 1 fully saturated rings. The van der Waals surface area contributed by atoms with Crippen LogP contribution in [0.25, 0.3) is 11.4 Å². The summed E-state index contributed by atoms with van der Waals surface area (Å²) >= 11 is 0. The summed E-state index contributed by atoms with van der Waals surface area (Å²) in [5, 5.41) is 7.57. The van der Waals surface area contributed by atoms with Crippen molar-refractivity contribution in [2.45, 2.75) is 45.1 Å². The molecule has 3 rings (SSSR count). The summed E-state index contributed by atoms with van der Waals surface area (Å²) < 4.78 is 5.46. The van der Waals surface area contributed by atoms with E-state index in [0.717, 1.165) is 23.8 Å². The molecule has 2 aromatic rings. The number of hydrogen-bond donors (Lipinski definition) is 1. The van der Waals surface area contributed by atoms with Crippen LogP contribution < -0.4 is 5.32 Å². The SMILES string of the molecule is CNC(Cc1nc(-c2ccccc2C)no1)C1CCCC1. The molecule has 0 spiro atoms. The second-order valence-corrected chi connectivity index (χ2v) is 5.97. The molecule has 1 aromatic carbocycles. The second-order valence-electron chi connectivity index (χ2n) is 5.97. The molecule has 1 aliphatic carbocycles. The summed E-state index contributed by atoms with van der Waals surface area (Å²) in [6.07, 6.45) is 6.14. The molecule has 21 heavy (non-hydrogen) atoms. The average Bonchev–Trinajstić information content (AvgIpc) is 3.17. The number of aromatic nitrogens is 2. The van der Waals surface area contributed by atoms with Crippen LogP contribution in [0.5, 0.6) is 0 Å². The molecule has 1 atom stereocenters. The number of rotatable bonds is 5. The van der Waals surface area contributed by atoms with E-state index in [0.29, 0.717) is 11.9 Å². The van der Waals surface area contributed by atoms with Gasteiger partial charge in [0.1, 0.15) is 0 Å². The predicted molar refractivity (Wildman–Crippen MR) is 83.0 cm³/mol. The van der Waals surface area contributed by atoms with Gasteiger partial charge in [0.15, 0.2) is 0 Å². The third kappa shape index (κ3) is 3.16. The van der Waals surface area contributed by atoms with Gasteiger partial charge in [-0.15, -0.1) is 0 Å². The normalized spacial score (nSPS) is 17.2. The van der Waals surface area contributed by atoms with Crippen LogP contribution in [-0.2, 0) is 6.42 Å². The minimum Gasteiger partial charge on any atom is -0.339 e. The predicted octanol–water partition coefficient (Wildman–Crippen LogP) is 3.37. The van der Waals surface area contributed by atoms with Crippen LogP contribution in [0.4, 0.5) is 0 Å². The van der Waals surface area contributed by atoms with E-state index in [1.54, 1.807) is 0 Å². The number of likely N-dealkylation sites (N-methyl/N-ethyl adjacent to an activating group) is 1. The zero-order valence-electron chi connectivity index (χ0n) is 12.8. The van der Waals surface area contributed by atoms with Gasteiger partial charge in [-0.05, 0) is 38.3 Å². The third-order valence-corrected chi connectivity index (χ3v) is 4.59. The van der Waals surface area contributed by atoms with Gasteiger partial charge in [0.05, 0.1) is 0 Å². The second kappa shape index (κ2) is 6.39. The maximum Gasteiger partial charge on any atom is 0.228 e. The van der Waals surface area contributed by atoms with Crippen molar-refractivity contribution in [1.82, 2.24) is 15.5 Å². The summed E-state index contributed by atoms with van der Waals surface area (Å²) in [4.78, 5) is 4.58. The van der Waals surface area contributed by atoms with Crippen LogP contribution in [0.15, 0.2) is 28.8 Å². The molecular formula is C17H23N3O. The highest BCUT2D eigenvalue weighted by Gasteiger charge is 2.25. The standard InChI is InChI=1S/C17H23N3O/c1-12-7-3-6-10-14(12)17-19-16(21-20-17)11-15(18-2)13-8-4-5-9-13/h3,6-7,10,13,15,18H,4-5,8-9,11H2,1-2H3. The van der Waals surface area contributed by atoms with Crippen molar-refractivity contribution in [2.75, 3.05) is 7.05 Å². The highest BCUT2D eigenvalue weighted by atomic mass is 16.5. The van der Waals surface area contributed by atoms with E-state index in [2.05, 4.69) is 28.4 Å². The zero-order chi connectivity index (χ0) is 14.7. The van der Waals surface area contributed by atoms with E-state index < -0.39 is 0 Å². The Labute approximate surface area is 126 Å². The molecule has 0 bridgehead atoms. The number of nitrogens with one attached hydrogen (secondary N) is 1. The Morgan fingerprint density at radius 1 is 1.29 bits per heavy atom. The fourth-order valence-electron chi connectivity index (χ4n) is 3.32. The lowest BCUT2D eigenvalue weighted by Crippen LogP contribution is -2.34. The van der Waals surface area contributed by atoms with Crippen molar-refractivity contribution in [3.05, 3.63) is 35.7 Å². The first kappa shape index (κ1) is 14.3. The Bertz CT molecular complexity index is 587. The van der Waals surface area contributed by atoms with Crippen LogP contribution in [0.1, 0.15) is 37.1 Å². The number of benzene rings is 1. The van der Waals surface area contributed by atoms with Gasteiger partial charge in [0, 0.05) is 18.0 Å². The third-order valence-electron chi connectivity index (χ3n) is 4.59. The lowest BCUT2D eigenvalue weighted by molar-refractivity contribution is 0.318. The van der Waals surface area contributed by atoms with Crippen LogP contribution in [0, 0.1) is 12.8 Å². The van der Waals surface area contributed by atoms with E-state index in [4.69, 9.17) is 4.52 Å². The summed E-state index contributed by atoms with van der Waals surface area (Å²) in [6, 6.07) is 8.58. The Morgan fingerprint density at radius 3 is 2.76 bits per heavy atom. The fourth-order valence-corrected chi connectivity index (χ4v) is 3.32. The van der Waals surface area contributed by atoms with Crippen molar-refractivity contribution in [3.63, 3.8) is 0 Å². The highest BCUT2D eigenvalue weighted by molar-refractivity contribution is 5.58. The molecule has 1 unspecified atom stereocenters. The van der Waals surface area contributed by atoms with E-state index in [-0.39, 0.29) is 0 Å². The molecule has 4 heteroatoms. The van der Waals surface area contributed by atoms with E-state index >= 15 is 0 Å². The molecule has 4 nitrogen and oxygen atoms in total. The van der Waals surface area contributed by atoms with Gasteiger partial charge in [-0.25, -0.2) is 0 Å². The molecule has 1 N–H and O–H groups in total. The Hall–Kier alpha value is -1.68. The molecule has 0 aliphatic heterocycles. The van der Waals surface area contributed by atoms with Gasteiger partial charge < -0.3 is 9.84 Å². The summed E-state index contributed by atoms with van der Waals surface area (Å²) in [7, 11) is 2.03. The van der Waals surface area contributed by atoms with Crippen molar-refractivity contribution in [2.24, 2.45) is 5.92 Å². The minimum atomic E-state index is 0.442. The summed E-state index contributed by atoms with van der Waals surface area (Å²) in [6.45, 7) is 2.07. The highest BCUT2D eigenvalue weighted by Crippen LogP contribution is 2.29. The largest absolute Gasteiger partial charge is 0.339 e. The Balaban J connectivity index is 1.74. The van der Waals surface area contributed by atoms with Crippen LogP contribution in [0.3, 0.4) is 0 Å². The number of hydrogen-bond acceptors (Lipinski definition) is 4. The minimum absolute atomic E-state index is 0.442. The first-order valence-electron chi connectivity index (χ1n) is 7.84. The van der Waals surface area contributed by atoms with Gasteiger partial charge in [-0.3, -0.25) is 0 Å². The van der Waals surface area contributed by atoms with Gasteiger partial charge in [0.2, 0.25) is 11.7 Å². The Morgan fingerprint density at radius 2 is 2.05 bits per heavy atom. The average molecular weight is 285 g/mol. The molecule has 0 radical (unpaired) electrons.